The molecule has 4 rings (SSSR count). The average Bonchev–Trinajstić information content (AvgIpc) is 3.32. The molecule has 0 saturated carbocycles. The lowest BCUT2D eigenvalue weighted by molar-refractivity contribution is 0.186. The zero-order valence-electron chi connectivity index (χ0n) is 14.4. The summed E-state index contributed by atoms with van der Waals surface area (Å²) in [5.41, 5.74) is 0.738. The van der Waals surface area contributed by atoms with Crippen molar-refractivity contribution in [3.8, 4) is 17.1 Å². The third-order valence-corrected chi connectivity index (χ3v) is 4.55. The predicted molar refractivity (Wildman–Crippen MR) is 93.6 cm³/mol. The van der Waals surface area contributed by atoms with Crippen molar-refractivity contribution in [1.29, 1.82) is 0 Å². The number of benzene rings is 1. The number of methoxy groups -OCH3 is 1. The Morgan fingerprint density at radius 2 is 2.15 bits per heavy atom. The lowest BCUT2D eigenvalue weighted by Crippen LogP contribution is -2.23. The van der Waals surface area contributed by atoms with Gasteiger partial charge in [0.15, 0.2) is 0 Å². The van der Waals surface area contributed by atoms with E-state index in [-0.39, 0.29) is 17.2 Å². The van der Waals surface area contributed by atoms with Crippen LogP contribution in [0.1, 0.15) is 30.5 Å². The maximum absolute atomic E-state index is 11.9. The Morgan fingerprint density at radius 1 is 1.31 bits per heavy atom. The molecule has 26 heavy (non-hydrogen) atoms. The predicted octanol–water partition coefficient (Wildman–Crippen LogP) is 3.04. The van der Waals surface area contributed by atoms with Crippen molar-refractivity contribution in [2.75, 3.05) is 13.7 Å². The molecule has 0 spiro atoms. The van der Waals surface area contributed by atoms with Gasteiger partial charge in [-0.1, -0.05) is 35.5 Å². The van der Waals surface area contributed by atoms with E-state index in [1.807, 2.05) is 30.3 Å². The largest absolute Gasteiger partial charge is 0.490 e. The quantitative estimate of drug-likeness (QED) is 0.697. The van der Waals surface area contributed by atoms with E-state index in [0.717, 1.165) is 24.9 Å². The van der Waals surface area contributed by atoms with Gasteiger partial charge in [-0.15, -0.1) is 0 Å². The third-order valence-electron chi connectivity index (χ3n) is 4.55. The van der Waals surface area contributed by atoms with E-state index in [1.54, 1.807) is 0 Å². The van der Waals surface area contributed by atoms with Crippen molar-refractivity contribution in [3.05, 3.63) is 64.5 Å². The first kappa shape index (κ1) is 16.5. The summed E-state index contributed by atoms with van der Waals surface area (Å²) < 4.78 is 16.0. The van der Waals surface area contributed by atoms with E-state index in [9.17, 15) is 4.79 Å². The molecule has 1 aromatic carbocycles. The summed E-state index contributed by atoms with van der Waals surface area (Å²) in [6.45, 7) is 1.39. The third kappa shape index (κ3) is 3.25. The summed E-state index contributed by atoms with van der Waals surface area (Å²) in [5, 5.41) is 4.11. The van der Waals surface area contributed by atoms with Gasteiger partial charge in [0.1, 0.15) is 12.0 Å². The van der Waals surface area contributed by atoms with Crippen LogP contribution in [-0.2, 0) is 6.54 Å². The second-order valence-corrected chi connectivity index (χ2v) is 6.23. The molecule has 0 unspecified atom stereocenters. The number of nitrogens with zero attached hydrogens (tertiary/aromatic N) is 3. The Morgan fingerprint density at radius 3 is 2.92 bits per heavy atom. The van der Waals surface area contributed by atoms with Gasteiger partial charge >= 0.3 is 0 Å². The standard InChI is InChI=1S/C19H19N3O4/c1-24-17-12-25-14(10-16(17)23)11-22-9-5-8-15(22)19-20-18(21-26-19)13-6-3-2-4-7-13/h2-4,6-7,10,12,15H,5,8-9,11H2,1H3/t15-/m0/s1. The van der Waals surface area contributed by atoms with Crippen molar-refractivity contribution >= 4 is 0 Å². The van der Waals surface area contributed by atoms with Crippen LogP contribution in [0.25, 0.3) is 11.4 Å². The van der Waals surface area contributed by atoms with Crippen LogP contribution in [0.5, 0.6) is 5.75 Å². The molecule has 0 aliphatic carbocycles. The molecule has 1 aliphatic rings. The van der Waals surface area contributed by atoms with Crippen molar-refractivity contribution in [3.63, 3.8) is 0 Å². The Balaban J connectivity index is 1.53. The summed E-state index contributed by atoms with van der Waals surface area (Å²) in [6, 6.07) is 11.2. The first-order valence-electron chi connectivity index (χ1n) is 8.53. The van der Waals surface area contributed by atoms with Crippen LogP contribution in [0.3, 0.4) is 0 Å². The first-order valence-corrected chi connectivity index (χ1v) is 8.53. The Bertz CT molecular complexity index is 935. The summed E-state index contributed by atoms with van der Waals surface area (Å²) in [6.07, 6.45) is 3.30. The number of likely N-dealkylation sites (tertiary alicyclic amines) is 1. The van der Waals surface area contributed by atoms with Gasteiger partial charge in [0, 0.05) is 11.6 Å². The van der Waals surface area contributed by atoms with Gasteiger partial charge < -0.3 is 13.7 Å². The molecule has 134 valence electrons. The maximum atomic E-state index is 11.9. The molecule has 3 aromatic rings. The Kier molecular flexibility index (Phi) is 4.53. The van der Waals surface area contributed by atoms with Gasteiger partial charge in [-0.25, -0.2) is 0 Å². The molecule has 1 atom stereocenters. The van der Waals surface area contributed by atoms with Crippen LogP contribution in [0.15, 0.2) is 56.4 Å². The molecule has 0 N–H and O–H groups in total. The van der Waals surface area contributed by atoms with Crippen LogP contribution in [0.4, 0.5) is 0 Å². The van der Waals surface area contributed by atoms with Crippen molar-refractivity contribution in [1.82, 2.24) is 15.0 Å². The molecule has 7 heteroatoms. The topological polar surface area (TPSA) is 81.6 Å². The normalized spacial score (nSPS) is 17.5. The zero-order chi connectivity index (χ0) is 17.9. The minimum Gasteiger partial charge on any atom is -0.490 e. The molecular weight excluding hydrogens is 334 g/mol. The van der Waals surface area contributed by atoms with Gasteiger partial charge in [0.25, 0.3) is 0 Å². The van der Waals surface area contributed by atoms with Crippen LogP contribution >= 0.6 is 0 Å². The van der Waals surface area contributed by atoms with E-state index < -0.39 is 0 Å². The number of hydrogen-bond donors (Lipinski definition) is 0. The minimum atomic E-state index is -0.186. The molecule has 0 radical (unpaired) electrons. The van der Waals surface area contributed by atoms with Crippen LogP contribution in [0, 0.1) is 0 Å². The van der Waals surface area contributed by atoms with Gasteiger partial charge in [-0.3, -0.25) is 9.69 Å². The fourth-order valence-corrected chi connectivity index (χ4v) is 3.24. The summed E-state index contributed by atoms with van der Waals surface area (Å²) in [5.74, 6) is 1.97. The van der Waals surface area contributed by atoms with Crippen LogP contribution in [0.2, 0.25) is 0 Å². The van der Waals surface area contributed by atoms with Crippen LogP contribution in [-0.4, -0.2) is 28.7 Å². The van der Waals surface area contributed by atoms with Gasteiger partial charge in [-0.2, -0.15) is 4.98 Å². The minimum absolute atomic E-state index is 0.0207. The monoisotopic (exact) mass is 353 g/mol. The molecule has 2 aromatic heterocycles. The first-order chi connectivity index (χ1) is 12.7. The molecule has 1 fully saturated rings. The SMILES string of the molecule is COc1coc(CN2CCC[C@H]2c2nc(-c3ccccc3)no2)cc1=O. The molecule has 1 aliphatic heterocycles. The highest BCUT2D eigenvalue weighted by Crippen LogP contribution is 2.33. The van der Waals surface area contributed by atoms with Crippen molar-refractivity contribution in [2.45, 2.75) is 25.4 Å². The molecule has 7 nitrogen and oxygen atoms in total. The summed E-state index contributed by atoms with van der Waals surface area (Å²) in [4.78, 5) is 18.7. The fraction of sp³-hybridized carbons (Fsp3) is 0.316. The number of hydrogen-bond acceptors (Lipinski definition) is 7. The van der Waals surface area contributed by atoms with Gasteiger partial charge in [0.05, 0.1) is 19.7 Å². The molecule has 1 saturated heterocycles. The fourth-order valence-electron chi connectivity index (χ4n) is 3.24. The lowest BCUT2D eigenvalue weighted by atomic mass is 10.2. The zero-order valence-corrected chi connectivity index (χ0v) is 14.4. The number of rotatable bonds is 5. The summed E-state index contributed by atoms with van der Waals surface area (Å²) >= 11 is 0. The van der Waals surface area contributed by atoms with Gasteiger partial charge in [0.2, 0.25) is 22.9 Å². The molecule has 0 bridgehead atoms. The van der Waals surface area contributed by atoms with Crippen molar-refractivity contribution < 1.29 is 13.7 Å². The summed E-state index contributed by atoms with van der Waals surface area (Å²) in [7, 11) is 1.45. The van der Waals surface area contributed by atoms with E-state index in [0.29, 0.717) is 24.0 Å². The van der Waals surface area contributed by atoms with E-state index >= 15 is 0 Å². The Hall–Kier alpha value is -2.93. The van der Waals surface area contributed by atoms with Crippen molar-refractivity contribution in [2.24, 2.45) is 0 Å². The molecule has 3 heterocycles. The number of ether oxygens (including phenoxy) is 1. The average molecular weight is 353 g/mol. The smallest absolute Gasteiger partial charge is 0.244 e. The van der Waals surface area contributed by atoms with E-state index in [1.165, 1.54) is 19.4 Å². The molecular formula is C19H19N3O4. The maximum Gasteiger partial charge on any atom is 0.244 e. The molecule has 0 amide bonds. The van der Waals surface area contributed by atoms with E-state index in [2.05, 4.69) is 15.0 Å². The number of aromatic nitrogens is 2. The van der Waals surface area contributed by atoms with Gasteiger partial charge in [-0.05, 0) is 19.4 Å². The second kappa shape index (κ2) is 7.13. The van der Waals surface area contributed by atoms with E-state index in [4.69, 9.17) is 13.7 Å². The Labute approximate surface area is 150 Å². The van der Waals surface area contributed by atoms with Crippen LogP contribution < -0.4 is 10.2 Å². The highest BCUT2D eigenvalue weighted by Gasteiger charge is 2.31. The highest BCUT2D eigenvalue weighted by atomic mass is 16.5. The highest BCUT2D eigenvalue weighted by molar-refractivity contribution is 5.53. The lowest BCUT2D eigenvalue weighted by Gasteiger charge is -2.20. The second-order valence-electron chi connectivity index (χ2n) is 6.23.